The summed E-state index contributed by atoms with van der Waals surface area (Å²) in [6.45, 7) is 4.69. The van der Waals surface area contributed by atoms with Crippen molar-refractivity contribution >= 4 is 22.8 Å². The Morgan fingerprint density at radius 2 is 2.17 bits per heavy atom. The summed E-state index contributed by atoms with van der Waals surface area (Å²) in [5.74, 6) is 0.725. The number of aromatic nitrogens is 4. The molecule has 1 N–H and O–H groups in total. The molecule has 0 spiro atoms. The van der Waals surface area contributed by atoms with Crippen LogP contribution < -0.4 is 5.56 Å². The molecule has 3 rings (SSSR count). The summed E-state index contributed by atoms with van der Waals surface area (Å²) in [5.41, 5.74) is 3.62. The lowest BCUT2D eigenvalue weighted by atomic mass is 10.1. The van der Waals surface area contributed by atoms with E-state index in [2.05, 4.69) is 28.1 Å². The second-order valence-electron chi connectivity index (χ2n) is 5.23. The first-order valence-corrected chi connectivity index (χ1v) is 8.26. The molecule has 7 heteroatoms. The SMILES string of the molecule is COCCSc1nc2c(cnn2-c2cccc(C)c2C)c(=O)[nH]1. The van der Waals surface area contributed by atoms with Gasteiger partial charge in [-0.3, -0.25) is 4.79 Å². The van der Waals surface area contributed by atoms with Gasteiger partial charge >= 0.3 is 0 Å². The van der Waals surface area contributed by atoms with Gasteiger partial charge in [0.15, 0.2) is 10.8 Å². The Morgan fingerprint density at radius 1 is 1.35 bits per heavy atom. The van der Waals surface area contributed by atoms with E-state index in [1.165, 1.54) is 17.3 Å². The van der Waals surface area contributed by atoms with Crippen LogP contribution in [0.15, 0.2) is 34.3 Å². The fourth-order valence-corrected chi connectivity index (χ4v) is 3.09. The first kappa shape index (κ1) is 15.8. The Hall–Kier alpha value is -2.12. The van der Waals surface area contributed by atoms with E-state index < -0.39 is 0 Å². The zero-order valence-electron chi connectivity index (χ0n) is 13.3. The number of hydrogen-bond acceptors (Lipinski definition) is 5. The number of aryl methyl sites for hydroxylation is 1. The van der Waals surface area contributed by atoms with E-state index in [-0.39, 0.29) is 5.56 Å². The maximum atomic E-state index is 12.2. The summed E-state index contributed by atoms with van der Waals surface area (Å²) in [4.78, 5) is 19.6. The third-order valence-corrected chi connectivity index (χ3v) is 4.58. The topological polar surface area (TPSA) is 72.8 Å². The zero-order valence-corrected chi connectivity index (χ0v) is 14.1. The number of hydrogen-bond donors (Lipinski definition) is 1. The molecule has 6 nitrogen and oxygen atoms in total. The molecule has 23 heavy (non-hydrogen) atoms. The number of fused-ring (bicyclic) bond motifs is 1. The standard InChI is InChI=1S/C16H18N4O2S/c1-10-5-4-6-13(11(10)2)20-14-12(9-17-20)15(21)19-16(18-14)23-8-7-22-3/h4-6,9H,7-8H2,1-3H3,(H,18,19,21). The van der Waals surface area contributed by atoms with Gasteiger partial charge in [0.05, 0.1) is 18.5 Å². The van der Waals surface area contributed by atoms with Crippen LogP contribution in [0.2, 0.25) is 0 Å². The molecule has 0 fully saturated rings. The predicted molar refractivity (Wildman–Crippen MR) is 91.6 cm³/mol. The quantitative estimate of drug-likeness (QED) is 0.442. The maximum absolute atomic E-state index is 12.2. The van der Waals surface area contributed by atoms with E-state index in [1.54, 1.807) is 18.0 Å². The first-order valence-electron chi connectivity index (χ1n) is 7.28. The molecule has 120 valence electrons. The molecular formula is C16H18N4O2S. The number of rotatable bonds is 5. The van der Waals surface area contributed by atoms with Crippen molar-refractivity contribution in [3.63, 3.8) is 0 Å². The van der Waals surface area contributed by atoms with Crippen molar-refractivity contribution < 1.29 is 4.74 Å². The number of methoxy groups -OCH3 is 1. The second kappa shape index (κ2) is 6.55. The number of benzene rings is 1. The van der Waals surface area contributed by atoms with Crippen LogP contribution >= 0.6 is 11.8 Å². The van der Waals surface area contributed by atoms with Crippen molar-refractivity contribution in [2.75, 3.05) is 19.5 Å². The number of ether oxygens (including phenoxy) is 1. The van der Waals surface area contributed by atoms with E-state index in [4.69, 9.17) is 4.74 Å². The minimum Gasteiger partial charge on any atom is -0.384 e. The lowest BCUT2D eigenvalue weighted by Gasteiger charge is -2.09. The van der Waals surface area contributed by atoms with Gasteiger partial charge < -0.3 is 9.72 Å². The van der Waals surface area contributed by atoms with Gasteiger partial charge in [-0.05, 0) is 31.0 Å². The molecule has 3 aromatic rings. The lowest BCUT2D eigenvalue weighted by Crippen LogP contribution is -2.10. The molecular weight excluding hydrogens is 312 g/mol. The van der Waals surface area contributed by atoms with Crippen molar-refractivity contribution in [3.05, 3.63) is 45.9 Å². The van der Waals surface area contributed by atoms with Crippen LogP contribution in [0, 0.1) is 13.8 Å². The smallest absolute Gasteiger partial charge is 0.262 e. The van der Waals surface area contributed by atoms with Gasteiger partial charge in [-0.25, -0.2) is 9.67 Å². The average Bonchev–Trinajstić information content (AvgIpc) is 2.95. The molecule has 0 aliphatic carbocycles. The molecule has 0 aliphatic rings. The number of aromatic amines is 1. The van der Waals surface area contributed by atoms with E-state index in [0.717, 1.165) is 17.0 Å². The molecule has 1 aromatic carbocycles. The summed E-state index contributed by atoms with van der Waals surface area (Å²) in [7, 11) is 1.65. The van der Waals surface area contributed by atoms with Gasteiger partial charge in [-0.1, -0.05) is 23.9 Å². The molecule has 0 atom stereocenters. The summed E-state index contributed by atoms with van der Waals surface area (Å²) < 4.78 is 6.76. The Balaban J connectivity index is 2.11. The van der Waals surface area contributed by atoms with Crippen molar-refractivity contribution in [2.45, 2.75) is 19.0 Å². The molecule has 0 bridgehead atoms. The number of H-pyrrole nitrogens is 1. The molecule has 0 radical (unpaired) electrons. The molecule has 0 saturated carbocycles. The Bertz CT molecular complexity index is 901. The summed E-state index contributed by atoms with van der Waals surface area (Å²) >= 11 is 1.46. The number of thioether (sulfide) groups is 1. The maximum Gasteiger partial charge on any atom is 0.262 e. The Labute approximate surface area is 137 Å². The normalized spacial score (nSPS) is 11.3. The lowest BCUT2D eigenvalue weighted by molar-refractivity contribution is 0.218. The van der Waals surface area contributed by atoms with E-state index >= 15 is 0 Å². The van der Waals surface area contributed by atoms with Crippen molar-refractivity contribution in [1.29, 1.82) is 0 Å². The van der Waals surface area contributed by atoms with Crippen LogP contribution in [0.3, 0.4) is 0 Å². The van der Waals surface area contributed by atoms with Gasteiger partial charge in [-0.2, -0.15) is 5.10 Å². The molecule has 0 unspecified atom stereocenters. The molecule has 2 aromatic heterocycles. The highest BCUT2D eigenvalue weighted by atomic mass is 32.2. The summed E-state index contributed by atoms with van der Waals surface area (Å²) in [6, 6.07) is 6.01. The van der Waals surface area contributed by atoms with Crippen LogP contribution in [0.5, 0.6) is 0 Å². The monoisotopic (exact) mass is 330 g/mol. The van der Waals surface area contributed by atoms with Crippen LogP contribution in [0.1, 0.15) is 11.1 Å². The van der Waals surface area contributed by atoms with Crippen molar-refractivity contribution in [1.82, 2.24) is 19.7 Å². The van der Waals surface area contributed by atoms with Crippen LogP contribution in [0.25, 0.3) is 16.7 Å². The van der Waals surface area contributed by atoms with E-state index in [9.17, 15) is 4.79 Å². The number of nitrogens with zero attached hydrogens (tertiary/aromatic N) is 3. The Morgan fingerprint density at radius 3 is 2.96 bits per heavy atom. The molecule has 0 aliphatic heterocycles. The zero-order chi connectivity index (χ0) is 16.4. The van der Waals surface area contributed by atoms with Crippen molar-refractivity contribution in [3.8, 4) is 5.69 Å². The van der Waals surface area contributed by atoms with Crippen LogP contribution in [-0.2, 0) is 4.74 Å². The highest BCUT2D eigenvalue weighted by Crippen LogP contribution is 2.21. The minimum atomic E-state index is -0.175. The molecule has 0 amide bonds. The van der Waals surface area contributed by atoms with E-state index in [0.29, 0.717) is 22.8 Å². The average molecular weight is 330 g/mol. The van der Waals surface area contributed by atoms with Crippen LogP contribution in [0.4, 0.5) is 0 Å². The highest BCUT2D eigenvalue weighted by Gasteiger charge is 2.13. The first-order chi connectivity index (χ1) is 11.1. The second-order valence-corrected chi connectivity index (χ2v) is 6.31. The molecule has 2 heterocycles. The predicted octanol–water partition coefficient (Wildman–Crippen LogP) is 2.46. The minimum absolute atomic E-state index is 0.175. The van der Waals surface area contributed by atoms with E-state index in [1.807, 2.05) is 19.1 Å². The third kappa shape index (κ3) is 3.02. The van der Waals surface area contributed by atoms with Gasteiger partial charge in [0.2, 0.25) is 0 Å². The van der Waals surface area contributed by atoms with Crippen molar-refractivity contribution in [2.24, 2.45) is 0 Å². The highest BCUT2D eigenvalue weighted by molar-refractivity contribution is 7.99. The van der Waals surface area contributed by atoms with Gasteiger partial charge in [0.25, 0.3) is 5.56 Å². The molecule has 0 saturated heterocycles. The van der Waals surface area contributed by atoms with Crippen LogP contribution in [-0.4, -0.2) is 39.2 Å². The fourth-order valence-electron chi connectivity index (χ4n) is 2.33. The third-order valence-electron chi connectivity index (χ3n) is 3.75. The summed E-state index contributed by atoms with van der Waals surface area (Å²) in [5, 5.41) is 5.43. The summed E-state index contributed by atoms with van der Waals surface area (Å²) in [6.07, 6.45) is 1.56. The number of nitrogens with one attached hydrogen (secondary N) is 1. The van der Waals surface area contributed by atoms with Gasteiger partial charge in [0.1, 0.15) is 5.39 Å². The van der Waals surface area contributed by atoms with Gasteiger partial charge in [0, 0.05) is 12.9 Å². The Kier molecular flexibility index (Phi) is 4.49. The van der Waals surface area contributed by atoms with Gasteiger partial charge in [-0.15, -0.1) is 0 Å². The largest absolute Gasteiger partial charge is 0.384 e. The fraction of sp³-hybridized carbons (Fsp3) is 0.312.